The van der Waals surface area contributed by atoms with E-state index in [4.69, 9.17) is 0 Å². The number of hydrogen-bond acceptors (Lipinski definition) is 1. The molecule has 5 rings (SSSR count). The Morgan fingerprint density at radius 3 is 2.79 bits per heavy atom. The fourth-order valence-electron chi connectivity index (χ4n) is 5.04. The Hall–Kier alpha value is -2.32. The number of nitrogens with one attached hydrogen (secondary N) is 1. The molecular formula is C26H30N2. The van der Waals surface area contributed by atoms with Crippen LogP contribution in [0, 0.1) is 12.8 Å². The lowest BCUT2D eigenvalue weighted by Gasteiger charge is -2.29. The molecule has 1 N–H and O–H groups in total. The number of nitrogens with zero attached hydrogens (tertiary/aromatic N) is 1. The van der Waals surface area contributed by atoms with E-state index in [-0.39, 0.29) is 0 Å². The first-order valence-corrected chi connectivity index (χ1v) is 10.8. The summed E-state index contributed by atoms with van der Waals surface area (Å²) in [6.07, 6.45) is 8.74. The van der Waals surface area contributed by atoms with E-state index in [1.165, 1.54) is 78.5 Å². The smallest absolute Gasteiger partial charge is 0.0459 e. The normalized spacial score (nSPS) is 20.2. The first-order valence-electron chi connectivity index (χ1n) is 10.8. The predicted octanol–water partition coefficient (Wildman–Crippen LogP) is 5.76. The largest absolute Gasteiger partial charge is 0.358 e. The Labute approximate surface area is 168 Å². The molecule has 1 aromatic heterocycles. The van der Waals surface area contributed by atoms with Crippen LogP contribution in [0.15, 0.2) is 54.6 Å². The standard InChI is InChI=1S/C26H30N2/c1-19-7-9-25-23(17-19)24-18-20(8-10-26(24)27-25)11-14-28-15-12-22(13-16-28)21-5-3-2-4-6-21/h2-7,9,12,17,20,27H,8,10-11,13-16,18H2,1H3. The molecule has 2 heterocycles. The maximum atomic E-state index is 3.67. The third kappa shape index (κ3) is 3.54. The molecule has 2 aliphatic rings. The average molecular weight is 371 g/mol. The third-order valence-electron chi connectivity index (χ3n) is 6.74. The van der Waals surface area contributed by atoms with Gasteiger partial charge in [0.2, 0.25) is 0 Å². The summed E-state index contributed by atoms with van der Waals surface area (Å²) in [4.78, 5) is 6.31. The SMILES string of the molecule is Cc1ccc2[nH]c3c(c2c1)CC(CCN1CC=C(c2ccccc2)CC1)CC3. The fourth-order valence-corrected chi connectivity index (χ4v) is 5.04. The lowest BCUT2D eigenvalue weighted by molar-refractivity contribution is 0.265. The number of aromatic nitrogens is 1. The van der Waals surface area contributed by atoms with Gasteiger partial charge in [-0.3, -0.25) is 4.90 Å². The molecule has 0 fully saturated rings. The molecule has 2 aromatic carbocycles. The number of fused-ring (bicyclic) bond motifs is 3. The number of aromatic amines is 1. The second-order valence-electron chi connectivity index (χ2n) is 8.67. The van der Waals surface area contributed by atoms with Crippen LogP contribution < -0.4 is 0 Å². The van der Waals surface area contributed by atoms with Crippen molar-refractivity contribution in [3.8, 4) is 0 Å². The zero-order chi connectivity index (χ0) is 18.9. The lowest BCUT2D eigenvalue weighted by Crippen LogP contribution is -2.31. The van der Waals surface area contributed by atoms with Crippen LogP contribution in [0.1, 0.15) is 41.6 Å². The average Bonchev–Trinajstić information content (AvgIpc) is 3.10. The van der Waals surface area contributed by atoms with E-state index in [1.54, 1.807) is 5.56 Å². The molecule has 0 spiro atoms. The van der Waals surface area contributed by atoms with Crippen LogP contribution in [-0.2, 0) is 12.8 Å². The van der Waals surface area contributed by atoms with Gasteiger partial charge in [-0.1, -0.05) is 48.0 Å². The van der Waals surface area contributed by atoms with Crippen LogP contribution in [0.2, 0.25) is 0 Å². The first-order chi connectivity index (χ1) is 13.8. The molecule has 2 heteroatoms. The summed E-state index contributed by atoms with van der Waals surface area (Å²) in [7, 11) is 0. The number of hydrogen-bond donors (Lipinski definition) is 1. The van der Waals surface area contributed by atoms with E-state index < -0.39 is 0 Å². The van der Waals surface area contributed by atoms with Crippen molar-refractivity contribution < 1.29 is 0 Å². The molecule has 144 valence electrons. The number of rotatable bonds is 4. The Bertz CT molecular complexity index is 996. The van der Waals surface area contributed by atoms with Crippen molar-refractivity contribution in [3.05, 3.63) is 77.0 Å². The maximum absolute atomic E-state index is 3.67. The molecule has 0 radical (unpaired) electrons. The maximum Gasteiger partial charge on any atom is 0.0459 e. The van der Waals surface area contributed by atoms with E-state index in [0.717, 1.165) is 12.5 Å². The van der Waals surface area contributed by atoms with E-state index in [0.29, 0.717) is 0 Å². The van der Waals surface area contributed by atoms with E-state index in [9.17, 15) is 0 Å². The summed E-state index contributed by atoms with van der Waals surface area (Å²) in [5, 5.41) is 1.47. The number of benzene rings is 2. The highest BCUT2D eigenvalue weighted by Gasteiger charge is 2.23. The zero-order valence-electron chi connectivity index (χ0n) is 16.9. The van der Waals surface area contributed by atoms with Gasteiger partial charge in [0.25, 0.3) is 0 Å². The molecule has 0 bridgehead atoms. The van der Waals surface area contributed by atoms with Gasteiger partial charge < -0.3 is 4.98 Å². The van der Waals surface area contributed by atoms with Crippen molar-refractivity contribution in [1.82, 2.24) is 9.88 Å². The van der Waals surface area contributed by atoms with Gasteiger partial charge in [-0.05, 0) is 80.3 Å². The van der Waals surface area contributed by atoms with Gasteiger partial charge in [-0.15, -0.1) is 0 Å². The highest BCUT2D eigenvalue weighted by molar-refractivity contribution is 5.85. The Balaban J connectivity index is 1.20. The topological polar surface area (TPSA) is 19.0 Å². The minimum atomic E-state index is 0.825. The summed E-state index contributed by atoms with van der Waals surface area (Å²) >= 11 is 0. The van der Waals surface area contributed by atoms with Crippen molar-refractivity contribution in [1.29, 1.82) is 0 Å². The summed E-state index contributed by atoms with van der Waals surface area (Å²) in [6.45, 7) is 5.74. The Morgan fingerprint density at radius 1 is 1.07 bits per heavy atom. The van der Waals surface area contributed by atoms with Crippen LogP contribution >= 0.6 is 0 Å². The molecule has 1 aliphatic carbocycles. The van der Waals surface area contributed by atoms with Crippen LogP contribution in [0.25, 0.3) is 16.5 Å². The van der Waals surface area contributed by atoms with E-state index in [1.807, 2.05) is 0 Å². The van der Waals surface area contributed by atoms with Crippen molar-refractivity contribution >= 4 is 16.5 Å². The second kappa shape index (κ2) is 7.60. The summed E-state index contributed by atoms with van der Waals surface area (Å²) < 4.78 is 0. The molecule has 1 atom stereocenters. The molecule has 0 saturated heterocycles. The van der Waals surface area contributed by atoms with Crippen LogP contribution in [0.5, 0.6) is 0 Å². The molecule has 0 saturated carbocycles. The Kier molecular flexibility index (Phi) is 4.82. The molecule has 2 nitrogen and oxygen atoms in total. The predicted molar refractivity (Wildman–Crippen MR) is 119 cm³/mol. The number of aryl methyl sites for hydroxylation is 2. The Morgan fingerprint density at radius 2 is 1.96 bits per heavy atom. The molecular weight excluding hydrogens is 340 g/mol. The van der Waals surface area contributed by atoms with Crippen LogP contribution in [-0.4, -0.2) is 29.5 Å². The number of H-pyrrole nitrogens is 1. The van der Waals surface area contributed by atoms with E-state index in [2.05, 4.69) is 71.4 Å². The van der Waals surface area contributed by atoms with Crippen LogP contribution in [0.3, 0.4) is 0 Å². The zero-order valence-corrected chi connectivity index (χ0v) is 16.9. The highest BCUT2D eigenvalue weighted by atomic mass is 15.1. The molecule has 28 heavy (non-hydrogen) atoms. The monoisotopic (exact) mass is 370 g/mol. The van der Waals surface area contributed by atoms with Crippen molar-refractivity contribution in [2.75, 3.05) is 19.6 Å². The molecule has 0 amide bonds. The van der Waals surface area contributed by atoms with Gasteiger partial charge in [0, 0.05) is 29.7 Å². The summed E-state index contributed by atoms with van der Waals surface area (Å²) in [5.41, 5.74) is 8.70. The fraction of sp³-hybridized carbons (Fsp3) is 0.385. The second-order valence-corrected chi connectivity index (χ2v) is 8.67. The highest BCUT2D eigenvalue weighted by Crippen LogP contribution is 2.34. The first kappa shape index (κ1) is 17.8. The van der Waals surface area contributed by atoms with Gasteiger partial charge in [0.05, 0.1) is 0 Å². The van der Waals surface area contributed by atoms with Gasteiger partial charge in [-0.25, -0.2) is 0 Å². The van der Waals surface area contributed by atoms with Crippen LogP contribution in [0.4, 0.5) is 0 Å². The quantitative estimate of drug-likeness (QED) is 0.618. The summed E-state index contributed by atoms with van der Waals surface area (Å²) in [6, 6.07) is 17.7. The van der Waals surface area contributed by atoms with Crippen molar-refractivity contribution in [3.63, 3.8) is 0 Å². The molecule has 3 aromatic rings. The minimum absolute atomic E-state index is 0.825. The van der Waals surface area contributed by atoms with Gasteiger partial charge in [0.1, 0.15) is 0 Å². The van der Waals surface area contributed by atoms with Gasteiger partial charge in [0.15, 0.2) is 0 Å². The van der Waals surface area contributed by atoms with Gasteiger partial charge >= 0.3 is 0 Å². The van der Waals surface area contributed by atoms with E-state index >= 15 is 0 Å². The minimum Gasteiger partial charge on any atom is -0.358 e. The molecule has 1 aliphatic heterocycles. The summed E-state index contributed by atoms with van der Waals surface area (Å²) in [5.74, 6) is 0.825. The third-order valence-corrected chi connectivity index (χ3v) is 6.74. The lowest BCUT2D eigenvalue weighted by atomic mass is 9.84. The molecule has 1 unspecified atom stereocenters. The van der Waals surface area contributed by atoms with Crippen molar-refractivity contribution in [2.24, 2.45) is 5.92 Å². The van der Waals surface area contributed by atoms with Crippen molar-refractivity contribution in [2.45, 2.75) is 39.0 Å². The van der Waals surface area contributed by atoms with Gasteiger partial charge in [-0.2, -0.15) is 0 Å².